The van der Waals surface area contributed by atoms with Crippen LogP contribution in [0, 0.1) is 23.2 Å². The van der Waals surface area contributed by atoms with Crippen LogP contribution in [0.3, 0.4) is 0 Å². The summed E-state index contributed by atoms with van der Waals surface area (Å²) in [5, 5.41) is 12.6. The fraction of sp³-hybridized carbons (Fsp3) is 0.500. The van der Waals surface area contributed by atoms with Gasteiger partial charge in [-0.25, -0.2) is 0 Å². The second-order valence-electron chi connectivity index (χ2n) is 3.23. The van der Waals surface area contributed by atoms with Gasteiger partial charge in [-0.3, -0.25) is 4.68 Å². The van der Waals surface area contributed by atoms with E-state index in [1.54, 1.807) is 17.1 Å². The molecule has 0 spiro atoms. The molecular weight excluding hydrogens is 152 g/mol. The zero-order valence-corrected chi connectivity index (χ0v) is 6.64. The molecule has 62 valence electrons. The van der Waals surface area contributed by atoms with E-state index >= 15 is 0 Å². The molecule has 4 nitrogen and oxygen atoms in total. The third-order valence-electron chi connectivity index (χ3n) is 2.16. The summed E-state index contributed by atoms with van der Waals surface area (Å²) < 4.78 is 1.80. The van der Waals surface area contributed by atoms with E-state index in [0.717, 1.165) is 13.0 Å². The summed E-state index contributed by atoms with van der Waals surface area (Å²) in [7, 11) is 0. The van der Waals surface area contributed by atoms with Crippen LogP contribution in [0.4, 0.5) is 5.69 Å². The molecule has 1 saturated carbocycles. The monoisotopic (exact) mass is 162 g/mol. The first-order valence-corrected chi connectivity index (χ1v) is 3.97. The number of hydrogen-bond donors (Lipinski definition) is 1. The number of anilines is 1. The highest BCUT2D eigenvalue weighted by atomic mass is 15.3. The van der Waals surface area contributed by atoms with Crippen molar-refractivity contribution >= 4 is 5.69 Å². The quantitative estimate of drug-likeness (QED) is 0.693. The van der Waals surface area contributed by atoms with Crippen molar-refractivity contribution in [3.05, 3.63) is 12.4 Å². The van der Waals surface area contributed by atoms with Crippen molar-refractivity contribution in [3.63, 3.8) is 0 Å². The number of rotatable bonds is 2. The van der Waals surface area contributed by atoms with Gasteiger partial charge < -0.3 is 5.73 Å². The summed E-state index contributed by atoms with van der Waals surface area (Å²) >= 11 is 0. The van der Waals surface area contributed by atoms with Crippen molar-refractivity contribution in [2.75, 3.05) is 5.73 Å². The Morgan fingerprint density at radius 3 is 3.17 bits per heavy atom. The molecular formula is C8H10N4. The minimum Gasteiger partial charge on any atom is -0.396 e. The van der Waals surface area contributed by atoms with Crippen molar-refractivity contribution in [2.24, 2.45) is 11.8 Å². The van der Waals surface area contributed by atoms with E-state index in [1.165, 1.54) is 0 Å². The first-order valence-electron chi connectivity index (χ1n) is 3.97. The Labute approximate surface area is 70.6 Å². The van der Waals surface area contributed by atoms with Gasteiger partial charge in [-0.1, -0.05) is 0 Å². The Hall–Kier alpha value is -1.50. The highest BCUT2D eigenvalue weighted by molar-refractivity contribution is 5.30. The zero-order chi connectivity index (χ0) is 8.55. The standard InChI is InChI=1S/C8H10N4/c9-2-6-1-7(6)4-12-5-8(10)3-11-12/h3,5-7H,1,4,10H2/t6-,7+/m0/s1. The number of nitrogens with zero attached hydrogens (tertiary/aromatic N) is 3. The molecule has 0 amide bonds. The molecule has 1 aliphatic rings. The number of nitrogens with two attached hydrogens (primary N) is 1. The van der Waals surface area contributed by atoms with E-state index < -0.39 is 0 Å². The molecule has 0 saturated heterocycles. The second-order valence-corrected chi connectivity index (χ2v) is 3.23. The molecule has 12 heavy (non-hydrogen) atoms. The molecule has 0 radical (unpaired) electrons. The molecule has 1 fully saturated rings. The van der Waals surface area contributed by atoms with Crippen LogP contribution in [-0.2, 0) is 6.54 Å². The van der Waals surface area contributed by atoms with Gasteiger partial charge in [0, 0.05) is 12.7 Å². The smallest absolute Gasteiger partial charge is 0.0719 e. The molecule has 2 atom stereocenters. The second kappa shape index (κ2) is 2.52. The lowest BCUT2D eigenvalue weighted by atomic mass is 10.3. The maximum Gasteiger partial charge on any atom is 0.0719 e. The van der Waals surface area contributed by atoms with Crippen LogP contribution in [0.25, 0.3) is 0 Å². The molecule has 1 aromatic rings. The molecule has 0 bridgehead atoms. The Morgan fingerprint density at radius 1 is 1.83 bits per heavy atom. The van der Waals surface area contributed by atoms with Crippen LogP contribution in [0.2, 0.25) is 0 Å². The third kappa shape index (κ3) is 1.26. The average Bonchev–Trinajstić information content (AvgIpc) is 2.67. The van der Waals surface area contributed by atoms with Crippen molar-refractivity contribution in [2.45, 2.75) is 13.0 Å². The van der Waals surface area contributed by atoms with Gasteiger partial charge in [-0.15, -0.1) is 0 Å². The lowest BCUT2D eigenvalue weighted by molar-refractivity contribution is 0.550. The topological polar surface area (TPSA) is 67.6 Å². The minimum absolute atomic E-state index is 0.246. The number of nitrogen functional groups attached to an aromatic ring is 1. The lowest BCUT2D eigenvalue weighted by Crippen LogP contribution is -2.00. The first-order chi connectivity index (χ1) is 5.79. The van der Waals surface area contributed by atoms with Gasteiger partial charge >= 0.3 is 0 Å². The van der Waals surface area contributed by atoms with E-state index in [1.807, 2.05) is 0 Å². The van der Waals surface area contributed by atoms with Crippen LogP contribution in [0.15, 0.2) is 12.4 Å². The van der Waals surface area contributed by atoms with E-state index in [2.05, 4.69) is 11.2 Å². The predicted octanol–water partition coefficient (Wildman–Crippen LogP) is 0.625. The van der Waals surface area contributed by atoms with Crippen LogP contribution >= 0.6 is 0 Å². The molecule has 1 aromatic heterocycles. The zero-order valence-electron chi connectivity index (χ0n) is 6.64. The van der Waals surface area contributed by atoms with Gasteiger partial charge in [0.05, 0.1) is 23.9 Å². The normalized spacial score (nSPS) is 26.6. The van der Waals surface area contributed by atoms with E-state index in [0.29, 0.717) is 11.6 Å². The molecule has 2 N–H and O–H groups in total. The molecule has 1 aliphatic carbocycles. The SMILES string of the molecule is N#C[C@@H]1C[C@@H]1Cn1cc(N)cn1. The highest BCUT2D eigenvalue weighted by Gasteiger charge is 2.37. The van der Waals surface area contributed by atoms with E-state index in [4.69, 9.17) is 11.0 Å². The third-order valence-corrected chi connectivity index (χ3v) is 2.16. The summed E-state index contributed by atoms with van der Waals surface area (Å²) in [6.07, 6.45) is 4.44. The number of nitriles is 1. The van der Waals surface area contributed by atoms with Gasteiger partial charge in [-0.2, -0.15) is 10.4 Å². The fourth-order valence-electron chi connectivity index (χ4n) is 1.33. The van der Waals surface area contributed by atoms with Gasteiger partial charge in [0.15, 0.2) is 0 Å². The largest absolute Gasteiger partial charge is 0.396 e. The molecule has 1 heterocycles. The van der Waals surface area contributed by atoms with Gasteiger partial charge in [0.25, 0.3) is 0 Å². The summed E-state index contributed by atoms with van der Waals surface area (Å²) in [4.78, 5) is 0. The van der Waals surface area contributed by atoms with Crippen LogP contribution < -0.4 is 5.73 Å². The summed E-state index contributed by atoms with van der Waals surface area (Å²) in [5.74, 6) is 0.740. The number of hydrogen-bond acceptors (Lipinski definition) is 3. The van der Waals surface area contributed by atoms with Crippen molar-refractivity contribution in [1.82, 2.24) is 9.78 Å². The van der Waals surface area contributed by atoms with Crippen molar-refractivity contribution in [3.8, 4) is 6.07 Å². The maximum atomic E-state index is 8.56. The number of aromatic nitrogens is 2. The summed E-state index contributed by atoms with van der Waals surface area (Å²) in [6, 6.07) is 2.24. The van der Waals surface area contributed by atoms with Crippen molar-refractivity contribution < 1.29 is 0 Å². The fourth-order valence-corrected chi connectivity index (χ4v) is 1.33. The predicted molar refractivity (Wildman–Crippen MR) is 43.8 cm³/mol. The minimum atomic E-state index is 0.246. The average molecular weight is 162 g/mol. The van der Waals surface area contributed by atoms with Gasteiger partial charge in [0.2, 0.25) is 0 Å². The van der Waals surface area contributed by atoms with Crippen LogP contribution in [-0.4, -0.2) is 9.78 Å². The molecule has 0 unspecified atom stereocenters. The van der Waals surface area contributed by atoms with Gasteiger partial charge in [0.1, 0.15) is 0 Å². The molecule has 0 aromatic carbocycles. The van der Waals surface area contributed by atoms with Crippen LogP contribution in [0.5, 0.6) is 0 Å². The molecule has 4 heteroatoms. The van der Waals surface area contributed by atoms with Crippen molar-refractivity contribution in [1.29, 1.82) is 5.26 Å². The Morgan fingerprint density at radius 2 is 2.67 bits per heavy atom. The summed E-state index contributed by atoms with van der Waals surface area (Å²) in [5.41, 5.74) is 6.18. The van der Waals surface area contributed by atoms with E-state index in [9.17, 15) is 0 Å². The Bertz CT molecular complexity index is 322. The summed E-state index contributed by atoms with van der Waals surface area (Å²) in [6.45, 7) is 0.829. The first kappa shape index (κ1) is 7.17. The molecule has 2 rings (SSSR count). The van der Waals surface area contributed by atoms with Gasteiger partial charge in [-0.05, 0) is 12.3 Å². The molecule has 0 aliphatic heterocycles. The van der Waals surface area contributed by atoms with E-state index in [-0.39, 0.29) is 5.92 Å². The highest BCUT2D eigenvalue weighted by Crippen LogP contribution is 2.38. The Balaban J connectivity index is 1.94. The Kier molecular flexibility index (Phi) is 1.51. The maximum absolute atomic E-state index is 8.56. The van der Waals surface area contributed by atoms with Crippen LogP contribution in [0.1, 0.15) is 6.42 Å². The lowest BCUT2D eigenvalue weighted by Gasteiger charge is -1.96.